The highest BCUT2D eigenvalue weighted by atomic mass is 16.2. The van der Waals surface area contributed by atoms with Gasteiger partial charge in [0.25, 0.3) is 0 Å². The van der Waals surface area contributed by atoms with Crippen molar-refractivity contribution in [2.45, 2.75) is 37.8 Å². The number of likely N-dealkylation sites (tertiary alicyclic amines) is 1. The number of amides is 2. The third-order valence-electron chi connectivity index (χ3n) is 5.36. The second kappa shape index (κ2) is 7.88. The Bertz CT molecular complexity index is 816. The molecule has 1 aromatic heterocycles. The SMILES string of the molecule is O=C1C[C@H](C(=O)NC2CCN(Cc3ccccn3)CC2)c2ccccc2N1. The zero-order valence-electron chi connectivity index (χ0n) is 15.2. The van der Waals surface area contributed by atoms with E-state index in [1.807, 2.05) is 48.7 Å². The first-order chi connectivity index (χ1) is 13.2. The van der Waals surface area contributed by atoms with Crippen molar-refractivity contribution in [2.75, 3.05) is 18.4 Å². The van der Waals surface area contributed by atoms with Crippen LogP contribution in [0.3, 0.4) is 0 Å². The van der Waals surface area contributed by atoms with Gasteiger partial charge in [-0.3, -0.25) is 19.5 Å². The molecule has 2 aliphatic heterocycles. The number of piperidine rings is 1. The minimum atomic E-state index is -0.401. The molecule has 2 aliphatic rings. The average molecular weight is 364 g/mol. The van der Waals surface area contributed by atoms with Gasteiger partial charge in [-0.05, 0) is 36.6 Å². The molecule has 6 heteroatoms. The molecule has 140 valence electrons. The van der Waals surface area contributed by atoms with Crippen molar-refractivity contribution in [3.05, 3.63) is 59.9 Å². The van der Waals surface area contributed by atoms with E-state index in [0.717, 1.165) is 49.4 Å². The van der Waals surface area contributed by atoms with Crippen LogP contribution in [0, 0.1) is 0 Å². The van der Waals surface area contributed by atoms with Crippen LogP contribution in [0.5, 0.6) is 0 Å². The summed E-state index contributed by atoms with van der Waals surface area (Å²) in [7, 11) is 0. The van der Waals surface area contributed by atoms with E-state index in [-0.39, 0.29) is 24.3 Å². The number of rotatable bonds is 4. The number of carbonyl (C=O) groups is 2. The molecule has 0 saturated carbocycles. The Labute approximate surface area is 159 Å². The van der Waals surface area contributed by atoms with Crippen LogP contribution in [0.4, 0.5) is 5.69 Å². The maximum Gasteiger partial charge on any atom is 0.228 e. The lowest BCUT2D eigenvalue weighted by Crippen LogP contribution is -2.46. The molecule has 2 aromatic rings. The highest BCUT2D eigenvalue weighted by molar-refractivity contribution is 6.01. The van der Waals surface area contributed by atoms with Crippen LogP contribution < -0.4 is 10.6 Å². The summed E-state index contributed by atoms with van der Waals surface area (Å²) >= 11 is 0. The van der Waals surface area contributed by atoms with E-state index >= 15 is 0 Å². The van der Waals surface area contributed by atoms with Gasteiger partial charge >= 0.3 is 0 Å². The molecule has 2 amide bonds. The Hall–Kier alpha value is -2.73. The van der Waals surface area contributed by atoms with Gasteiger partial charge in [0, 0.05) is 44.0 Å². The Balaban J connectivity index is 1.33. The van der Waals surface area contributed by atoms with E-state index in [0.29, 0.717) is 0 Å². The molecular formula is C21H24N4O2. The zero-order valence-corrected chi connectivity index (χ0v) is 15.2. The standard InChI is InChI=1S/C21H24N4O2/c26-20-13-18(17-6-1-2-7-19(17)24-20)21(27)23-15-8-11-25(12-9-15)14-16-5-3-4-10-22-16/h1-7,10,15,18H,8-9,11-14H2,(H,23,27)(H,24,26)/t18-/m0/s1. The molecule has 0 aliphatic carbocycles. The van der Waals surface area contributed by atoms with E-state index in [4.69, 9.17) is 0 Å². The van der Waals surface area contributed by atoms with E-state index in [9.17, 15) is 9.59 Å². The fraction of sp³-hybridized carbons (Fsp3) is 0.381. The summed E-state index contributed by atoms with van der Waals surface area (Å²) < 4.78 is 0. The largest absolute Gasteiger partial charge is 0.353 e. The van der Waals surface area contributed by atoms with E-state index in [1.54, 1.807) is 0 Å². The molecule has 0 spiro atoms. The van der Waals surface area contributed by atoms with Gasteiger partial charge in [-0.25, -0.2) is 0 Å². The van der Waals surface area contributed by atoms with Crippen molar-refractivity contribution in [3.63, 3.8) is 0 Å². The van der Waals surface area contributed by atoms with Gasteiger partial charge in [-0.2, -0.15) is 0 Å². The highest BCUT2D eigenvalue weighted by Gasteiger charge is 2.32. The predicted octanol–water partition coefficient (Wildman–Crippen LogP) is 2.29. The van der Waals surface area contributed by atoms with Crippen molar-refractivity contribution in [2.24, 2.45) is 0 Å². The highest BCUT2D eigenvalue weighted by Crippen LogP contribution is 2.32. The van der Waals surface area contributed by atoms with E-state index in [2.05, 4.69) is 20.5 Å². The first-order valence-corrected chi connectivity index (χ1v) is 9.50. The van der Waals surface area contributed by atoms with Crippen LogP contribution in [-0.4, -0.2) is 40.8 Å². The number of aromatic nitrogens is 1. The van der Waals surface area contributed by atoms with Crippen LogP contribution in [0.25, 0.3) is 0 Å². The van der Waals surface area contributed by atoms with E-state index in [1.165, 1.54) is 0 Å². The molecule has 27 heavy (non-hydrogen) atoms. The molecule has 0 bridgehead atoms. The van der Waals surface area contributed by atoms with Crippen molar-refractivity contribution in [1.82, 2.24) is 15.2 Å². The number of pyridine rings is 1. The fourth-order valence-electron chi connectivity index (χ4n) is 3.90. The average Bonchev–Trinajstić information content (AvgIpc) is 2.69. The second-order valence-electron chi connectivity index (χ2n) is 7.27. The summed E-state index contributed by atoms with van der Waals surface area (Å²) in [5.74, 6) is -0.541. The normalized spacial score (nSPS) is 20.6. The van der Waals surface area contributed by atoms with Gasteiger partial charge in [0.05, 0.1) is 11.6 Å². The Kier molecular flexibility index (Phi) is 5.16. The molecule has 3 heterocycles. The molecule has 1 aromatic carbocycles. The first kappa shape index (κ1) is 17.7. The molecule has 4 rings (SSSR count). The summed E-state index contributed by atoms with van der Waals surface area (Å²) in [6, 6.07) is 13.7. The molecule has 2 N–H and O–H groups in total. The topological polar surface area (TPSA) is 74.3 Å². The molecular weight excluding hydrogens is 340 g/mol. The van der Waals surface area contributed by atoms with Gasteiger partial charge in [0.15, 0.2) is 0 Å². The minimum absolute atomic E-state index is 0.0412. The number of fused-ring (bicyclic) bond motifs is 1. The summed E-state index contributed by atoms with van der Waals surface area (Å²) in [5.41, 5.74) is 2.73. The summed E-state index contributed by atoms with van der Waals surface area (Å²) in [4.78, 5) is 31.5. The van der Waals surface area contributed by atoms with Gasteiger partial charge in [0.1, 0.15) is 0 Å². The van der Waals surface area contributed by atoms with Crippen molar-refractivity contribution in [1.29, 1.82) is 0 Å². The summed E-state index contributed by atoms with van der Waals surface area (Å²) in [6.45, 7) is 2.71. The number of anilines is 1. The van der Waals surface area contributed by atoms with Crippen LogP contribution in [0.2, 0.25) is 0 Å². The lowest BCUT2D eigenvalue weighted by atomic mass is 9.89. The van der Waals surface area contributed by atoms with Gasteiger partial charge in [-0.15, -0.1) is 0 Å². The number of para-hydroxylation sites is 1. The molecule has 0 unspecified atom stereocenters. The van der Waals surface area contributed by atoms with Crippen molar-refractivity contribution in [3.8, 4) is 0 Å². The monoisotopic (exact) mass is 364 g/mol. The number of nitrogens with one attached hydrogen (secondary N) is 2. The number of benzene rings is 1. The summed E-state index contributed by atoms with van der Waals surface area (Å²) in [6.07, 6.45) is 3.86. The van der Waals surface area contributed by atoms with Crippen molar-refractivity contribution >= 4 is 17.5 Å². The third-order valence-corrected chi connectivity index (χ3v) is 5.36. The minimum Gasteiger partial charge on any atom is -0.353 e. The number of hydrogen-bond donors (Lipinski definition) is 2. The number of hydrogen-bond acceptors (Lipinski definition) is 4. The maximum absolute atomic E-state index is 12.8. The Morgan fingerprint density at radius 2 is 1.93 bits per heavy atom. The smallest absolute Gasteiger partial charge is 0.228 e. The zero-order chi connectivity index (χ0) is 18.6. The van der Waals surface area contributed by atoms with Crippen LogP contribution >= 0.6 is 0 Å². The molecule has 1 fully saturated rings. The van der Waals surface area contributed by atoms with Gasteiger partial charge in [-0.1, -0.05) is 24.3 Å². The molecule has 6 nitrogen and oxygen atoms in total. The lowest BCUT2D eigenvalue weighted by molar-refractivity contribution is -0.127. The van der Waals surface area contributed by atoms with Crippen LogP contribution in [-0.2, 0) is 16.1 Å². The summed E-state index contributed by atoms with van der Waals surface area (Å²) in [5, 5.41) is 6.02. The van der Waals surface area contributed by atoms with E-state index < -0.39 is 5.92 Å². The molecule has 1 atom stereocenters. The van der Waals surface area contributed by atoms with Crippen LogP contribution in [0.15, 0.2) is 48.7 Å². The quantitative estimate of drug-likeness (QED) is 0.873. The predicted molar refractivity (Wildman–Crippen MR) is 103 cm³/mol. The van der Waals surface area contributed by atoms with Gasteiger partial charge < -0.3 is 10.6 Å². The third kappa shape index (κ3) is 4.17. The van der Waals surface area contributed by atoms with Gasteiger partial charge in [0.2, 0.25) is 11.8 Å². The Morgan fingerprint density at radius 1 is 1.15 bits per heavy atom. The number of carbonyl (C=O) groups excluding carboxylic acids is 2. The maximum atomic E-state index is 12.8. The Morgan fingerprint density at radius 3 is 2.70 bits per heavy atom. The molecule has 1 saturated heterocycles. The lowest BCUT2D eigenvalue weighted by Gasteiger charge is -2.33. The number of nitrogens with zero attached hydrogens (tertiary/aromatic N) is 2. The fourth-order valence-corrected chi connectivity index (χ4v) is 3.90. The molecule has 0 radical (unpaired) electrons. The second-order valence-corrected chi connectivity index (χ2v) is 7.27. The first-order valence-electron chi connectivity index (χ1n) is 9.50. The van der Waals surface area contributed by atoms with Crippen molar-refractivity contribution < 1.29 is 9.59 Å². The van der Waals surface area contributed by atoms with Crippen LogP contribution in [0.1, 0.15) is 36.4 Å².